The lowest BCUT2D eigenvalue weighted by Crippen LogP contribution is -2.45. The number of hydrogen-bond donors (Lipinski definition) is 2. The van der Waals surface area contributed by atoms with Crippen LogP contribution < -0.4 is 10.6 Å². The summed E-state index contributed by atoms with van der Waals surface area (Å²) in [7, 11) is 0. The smallest absolute Gasteiger partial charge is 0.237 e. The lowest BCUT2D eigenvalue weighted by molar-refractivity contribution is -0.123. The molecule has 1 aliphatic carbocycles. The van der Waals surface area contributed by atoms with Gasteiger partial charge in [-0.05, 0) is 44.6 Å². The summed E-state index contributed by atoms with van der Waals surface area (Å²) in [6.07, 6.45) is 8.35. The van der Waals surface area contributed by atoms with Gasteiger partial charge in [-0.3, -0.25) is 4.79 Å². The van der Waals surface area contributed by atoms with Crippen LogP contribution in [0.4, 0.5) is 0 Å². The second-order valence-electron chi connectivity index (χ2n) is 5.47. The van der Waals surface area contributed by atoms with Gasteiger partial charge in [0.15, 0.2) is 0 Å². The van der Waals surface area contributed by atoms with E-state index >= 15 is 0 Å². The van der Waals surface area contributed by atoms with Crippen molar-refractivity contribution < 1.29 is 4.79 Å². The molecular weight excluding hydrogens is 236 g/mol. The van der Waals surface area contributed by atoms with E-state index in [1.807, 2.05) is 0 Å². The third-order valence-electron chi connectivity index (χ3n) is 3.98. The Kier molecular flexibility index (Phi) is 6.28. The van der Waals surface area contributed by atoms with Crippen molar-refractivity contribution in [2.75, 3.05) is 6.54 Å². The van der Waals surface area contributed by atoms with Gasteiger partial charge in [0.25, 0.3) is 0 Å². The van der Waals surface area contributed by atoms with E-state index in [1.165, 1.54) is 32.1 Å². The number of amides is 1. The highest BCUT2D eigenvalue weighted by Crippen LogP contribution is 2.22. The zero-order chi connectivity index (χ0) is 11.4. The minimum Gasteiger partial charge on any atom is -0.352 e. The molecule has 2 fully saturated rings. The first-order valence-corrected chi connectivity index (χ1v) is 6.79. The second-order valence-corrected chi connectivity index (χ2v) is 5.47. The fourth-order valence-corrected chi connectivity index (χ4v) is 2.84. The first-order valence-electron chi connectivity index (χ1n) is 6.79. The predicted molar refractivity (Wildman–Crippen MR) is 72.5 cm³/mol. The maximum absolute atomic E-state index is 11.9. The molecule has 1 saturated heterocycles. The predicted octanol–water partition coefficient (Wildman–Crippen LogP) is 2.25. The first-order chi connectivity index (χ1) is 7.75. The van der Waals surface area contributed by atoms with Gasteiger partial charge in [-0.25, -0.2) is 0 Å². The van der Waals surface area contributed by atoms with E-state index in [2.05, 4.69) is 17.6 Å². The zero-order valence-corrected chi connectivity index (χ0v) is 11.5. The molecule has 2 aliphatic rings. The van der Waals surface area contributed by atoms with Crippen LogP contribution >= 0.6 is 12.4 Å². The van der Waals surface area contributed by atoms with Gasteiger partial charge in [0.1, 0.15) is 0 Å². The average molecular weight is 261 g/mol. The molecule has 0 aromatic carbocycles. The van der Waals surface area contributed by atoms with E-state index in [0.29, 0.717) is 6.04 Å². The van der Waals surface area contributed by atoms with Crippen molar-refractivity contribution in [3.05, 3.63) is 0 Å². The van der Waals surface area contributed by atoms with Crippen LogP contribution in [0.1, 0.15) is 51.9 Å². The van der Waals surface area contributed by atoms with Crippen LogP contribution in [0, 0.1) is 5.92 Å². The first kappa shape index (κ1) is 14.8. The van der Waals surface area contributed by atoms with Crippen molar-refractivity contribution in [2.45, 2.75) is 64.0 Å². The summed E-state index contributed by atoms with van der Waals surface area (Å²) in [5.74, 6) is 1.07. The normalized spacial score (nSPS) is 33.6. The third kappa shape index (κ3) is 4.47. The summed E-state index contributed by atoms with van der Waals surface area (Å²) in [4.78, 5) is 11.9. The Morgan fingerprint density at radius 3 is 2.65 bits per heavy atom. The van der Waals surface area contributed by atoms with Crippen LogP contribution in [-0.2, 0) is 4.79 Å². The molecule has 1 aliphatic heterocycles. The molecule has 0 radical (unpaired) electrons. The number of rotatable bonds is 2. The molecule has 4 heteroatoms. The molecule has 2 N–H and O–H groups in total. The molecule has 100 valence electrons. The van der Waals surface area contributed by atoms with Crippen LogP contribution in [0.5, 0.6) is 0 Å². The lowest BCUT2D eigenvalue weighted by Gasteiger charge is -2.19. The van der Waals surface area contributed by atoms with Crippen molar-refractivity contribution in [3.8, 4) is 0 Å². The Labute approximate surface area is 111 Å². The highest BCUT2D eigenvalue weighted by molar-refractivity contribution is 5.85. The van der Waals surface area contributed by atoms with Gasteiger partial charge < -0.3 is 10.6 Å². The number of nitrogens with one attached hydrogen (secondary N) is 2. The van der Waals surface area contributed by atoms with Gasteiger partial charge in [-0.2, -0.15) is 0 Å². The van der Waals surface area contributed by atoms with Crippen molar-refractivity contribution in [1.29, 1.82) is 0 Å². The number of carbonyl (C=O) groups excluding carboxylic acids is 1. The molecule has 17 heavy (non-hydrogen) atoms. The van der Waals surface area contributed by atoms with E-state index in [9.17, 15) is 4.79 Å². The maximum Gasteiger partial charge on any atom is 0.237 e. The molecule has 0 spiro atoms. The van der Waals surface area contributed by atoms with Crippen LogP contribution in [0.2, 0.25) is 0 Å². The van der Waals surface area contributed by atoms with Crippen LogP contribution in [0.15, 0.2) is 0 Å². The molecule has 0 bridgehead atoms. The van der Waals surface area contributed by atoms with Crippen LogP contribution in [0.25, 0.3) is 0 Å². The molecule has 0 aromatic heterocycles. The molecule has 3 nitrogen and oxygen atoms in total. The summed E-state index contributed by atoms with van der Waals surface area (Å²) >= 11 is 0. The molecule has 1 saturated carbocycles. The SMILES string of the molecule is CC1CCCC(NC(=O)C2CCCN2)CC1.Cl. The van der Waals surface area contributed by atoms with Crippen LogP contribution in [0.3, 0.4) is 0 Å². The molecule has 3 atom stereocenters. The molecule has 1 heterocycles. The number of halogens is 1. The van der Waals surface area contributed by atoms with Gasteiger partial charge in [0.05, 0.1) is 6.04 Å². The van der Waals surface area contributed by atoms with Crippen molar-refractivity contribution in [2.24, 2.45) is 5.92 Å². The van der Waals surface area contributed by atoms with E-state index in [1.54, 1.807) is 0 Å². The van der Waals surface area contributed by atoms with Crippen molar-refractivity contribution in [1.82, 2.24) is 10.6 Å². The minimum absolute atomic E-state index is 0. The number of hydrogen-bond acceptors (Lipinski definition) is 2. The quantitative estimate of drug-likeness (QED) is 0.748. The highest BCUT2D eigenvalue weighted by Gasteiger charge is 2.25. The maximum atomic E-state index is 11.9. The number of carbonyl (C=O) groups is 1. The lowest BCUT2D eigenvalue weighted by atomic mass is 10.0. The van der Waals surface area contributed by atoms with Crippen LogP contribution in [-0.4, -0.2) is 24.5 Å². The fourth-order valence-electron chi connectivity index (χ4n) is 2.84. The Morgan fingerprint density at radius 2 is 1.94 bits per heavy atom. The van der Waals surface area contributed by atoms with E-state index in [-0.39, 0.29) is 24.4 Å². The van der Waals surface area contributed by atoms with E-state index in [4.69, 9.17) is 0 Å². The summed E-state index contributed by atoms with van der Waals surface area (Å²) in [6, 6.07) is 0.514. The Bertz CT molecular complexity index is 242. The largest absolute Gasteiger partial charge is 0.352 e. The average Bonchev–Trinajstić information content (AvgIpc) is 2.72. The summed E-state index contributed by atoms with van der Waals surface area (Å²) < 4.78 is 0. The van der Waals surface area contributed by atoms with Gasteiger partial charge >= 0.3 is 0 Å². The van der Waals surface area contributed by atoms with Crippen molar-refractivity contribution >= 4 is 18.3 Å². The molecule has 2 rings (SSSR count). The van der Waals surface area contributed by atoms with E-state index in [0.717, 1.165) is 25.3 Å². The standard InChI is InChI=1S/C13H24N2O.ClH/c1-10-4-2-5-11(8-7-10)15-13(16)12-6-3-9-14-12;/h10-12,14H,2-9H2,1H3,(H,15,16);1H. The topological polar surface area (TPSA) is 41.1 Å². The molecule has 0 aromatic rings. The molecule has 3 unspecified atom stereocenters. The molecule has 1 amide bonds. The third-order valence-corrected chi connectivity index (χ3v) is 3.98. The fraction of sp³-hybridized carbons (Fsp3) is 0.923. The van der Waals surface area contributed by atoms with E-state index < -0.39 is 0 Å². The van der Waals surface area contributed by atoms with Gasteiger partial charge in [-0.15, -0.1) is 12.4 Å². The summed E-state index contributed by atoms with van der Waals surface area (Å²) in [6.45, 7) is 3.32. The Morgan fingerprint density at radius 1 is 1.12 bits per heavy atom. The molecular formula is C13H25ClN2O. The Balaban J connectivity index is 0.00000144. The van der Waals surface area contributed by atoms with Gasteiger partial charge in [0, 0.05) is 6.04 Å². The zero-order valence-electron chi connectivity index (χ0n) is 10.7. The second kappa shape index (κ2) is 7.22. The summed E-state index contributed by atoms with van der Waals surface area (Å²) in [5.41, 5.74) is 0. The Hall–Kier alpha value is -0.280. The summed E-state index contributed by atoms with van der Waals surface area (Å²) in [5, 5.41) is 6.48. The van der Waals surface area contributed by atoms with Gasteiger partial charge in [-0.1, -0.05) is 19.8 Å². The minimum atomic E-state index is 0. The van der Waals surface area contributed by atoms with Gasteiger partial charge in [0.2, 0.25) is 5.91 Å². The monoisotopic (exact) mass is 260 g/mol. The van der Waals surface area contributed by atoms with Crippen molar-refractivity contribution in [3.63, 3.8) is 0 Å². The highest BCUT2D eigenvalue weighted by atomic mass is 35.5.